The van der Waals surface area contributed by atoms with Gasteiger partial charge in [0.15, 0.2) is 0 Å². The molecule has 2 fully saturated rings. The van der Waals surface area contributed by atoms with E-state index in [1.54, 1.807) is 0 Å². The first kappa shape index (κ1) is 21.7. The van der Waals surface area contributed by atoms with Crippen LogP contribution in [0.5, 0.6) is 5.75 Å². The van der Waals surface area contributed by atoms with E-state index in [-0.39, 0.29) is 22.9 Å². The molecule has 2 aromatic carbocycles. The molecule has 4 rings (SSSR count). The van der Waals surface area contributed by atoms with Gasteiger partial charge in [-0.05, 0) is 62.9 Å². The van der Waals surface area contributed by atoms with Gasteiger partial charge in [0.05, 0.1) is 23.8 Å². The van der Waals surface area contributed by atoms with Crippen molar-refractivity contribution in [1.29, 1.82) is 0 Å². The standard InChI is InChI=1S/C24H27F3N2O2/c1-15-13-17(24(25,26)27)14-19(31-3)21(15)22(30)28-23(16-7-5-4-6-8-16)12-11-18-9-10-20(23)29(18)2/h4-8,13-14,18,20H,9-12H2,1-3H3,(H,28,30)/t18-,20-,23-/m0/s1. The summed E-state index contributed by atoms with van der Waals surface area (Å²) in [6.45, 7) is 1.51. The van der Waals surface area contributed by atoms with Crippen molar-refractivity contribution in [3.8, 4) is 5.75 Å². The molecule has 2 aromatic rings. The number of fused-ring (bicyclic) bond motifs is 2. The van der Waals surface area contributed by atoms with Gasteiger partial charge in [0.2, 0.25) is 0 Å². The third-order valence-corrected chi connectivity index (χ3v) is 6.98. The number of carbonyl (C=O) groups is 1. The first-order chi connectivity index (χ1) is 14.7. The lowest BCUT2D eigenvalue weighted by molar-refractivity contribution is -0.137. The number of methoxy groups -OCH3 is 1. The minimum atomic E-state index is -4.51. The fourth-order valence-electron chi connectivity index (χ4n) is 5.44. The summed E-state index contributed by atoms with van der Waals surface area (Å²) < 4.78 is 45.0. The van der Waals surface area contributed by atoms with Crippen molar-refractivity contribution in [2.45, 2.75) is 56.4 Å². The number of nitrogens with zero attached hydrogens (tertiary/aromatic N) is 1. The third-order valence-electron chi connectivity index (χ3n) is 6.98. The smallest absolute Gasteiger partial charge is 0.416 e. The van der Waals surface area contributed by atoms with Crippen LogP contribution in [-0.4, -0.2) is 37.0 Å². The van der Waals surface area contributed by atoms with Gasteiger partial charge in [-0.2, -0.15) is 13.2 Å². The number of likely N-dealkylation sites (N-methyl/N-ethyl adjacent to an activating group) is 1. The molecule has 1 amide bonds. The van der Waals surface area contributed by atoms with E-state index < -0.39 is 23.2 Å². The number of aryl methyl sites for hydroxylation is 1. The lowest BCUT2D eigenvalue weighted by Gasteiger charge is -2.48. The second kappa shape index (κ2) is 7.86. The van der Waals surface area contributed by atoms with E-state index in [0.717, 1.165) is 43.4 Å². The average molecular weight is 432 g/mol. The monoisotopic (exact) mass is 432 g/mol. The number of halogens is 3. The topological polar surface area (TPSA) is 41.6 Å². The molecule has 2 saturated heterocycles. The van der Waals surface area contributed by atoms with Gasteiger partial charge in [-0.15, -0.1) is 0 Å². The highest BCUT2D eigenvalue weighted by atomic mass is 19.4. The molecule has 0 saturated carbocycles. The number of rotatable bonds is 4. The number of carbonyl (C=O) groups excluding carboxylic acids is 1. The SMILES string of the molecule is COc1cc(C(F)(F)F)cc(C)c1C(=O)N[C@]1(c2ccccc2)CC[C@@H]2CC[C@@H]1N2C. The fourth-order valence-corrected chi connectivity index (χ4v) is 5.44. The molecule has 0 radical (unpaired) electrons. The second-order valence-corrected chi connectivity index (χ2v) is 8.61. The minimum absolute atomic E-state index is 0.0681. The Bertz CT molecular complexity index is 977. The molecular formula is C24H27F3N2O2. The lowest BCUT2D eigenvalue weighted by atomic mass is 9.76. The van der Waals surface area contributed by atoms with Crippen molar-refractivity contribution < 1.29 is 22.7 Å². The first-order valence-corrected chi connectivity index (χ1v) is 10.5. The summed E-state index contributed by atoms with van der Waals surface area (Å²) in [7, 11) is 3.38. The molecule has 2 heterocycles. The number of hydrogen-bond acceptors (Lipinski definition) is 3. The van der Waals surface area contributed by atoms with Crippen LogP contribution in [0.15, 0.2) is 42.5 Å². The Morgan fingerprint density at radius 2 is 1.87 bits per heavy atom. The summed E-state index contributed by atoms with van der Waals surface area (Å²) in [4.78, 5) is 15.9. The van der Waals surface area contributed by atoms with E-state index in [0.29, 0.717) is 6.04 Å². The predicted octanol–water partition coefficient (Wildman–Crippen LogP) is 4.90. The number of hydrogen-bond donors (Lipinski definition) is 1. The maximum atomic E-state index is 13.5. The van der Waals surface area contributed by atoms with Crippen molar-refractivity contribution in [3.05, 3.63) is 64.7 Å². The fraction of sp³-hybridized carbons (Fsp3) is 0.458. The van der Waals surface area contributed by atoms with Gasteiger partial charge in [-0.1, -0.05) is 30.3 Å². The molecule has 0 spiro atoms. The normalized spacial score (nSPS) is 26.0. The quantitative estimate of drug-likeness (QED) is 0.747. The third kappa shape index (κ3) is 3.69. The summed E-state index contributed by atoms with van der Waals surface area (Å²) in [5.74, 6) is -0.479. The summed E-state index contributed by atoms with van der Waals surface area (Å²) in [6, 6.07) is 12.4. The Morgan fingerprint density at radius 3 is 2.52 bits per heavy atom. The molecule has 4 nitrogen and oxygen atoms in total. The molecule has 7 heteroatoms. The zero-order valence-electron chi connectivity index (χ0n) is 17.9. The highest BCUT2D eigenvalue weighted by Crippen LogP contribution is 2.46. The molecule has 31 heavy (non-hydrogen) atoms. The molecule has 3 atom stereocenters. The van der Waals surface area contributed by atoms with Crippen LogP contribution in [0.3, 0.4) is 0 Å². The van der Waals surface area contributed by atoms with Crippen LogP contribution < -0.4 is 10.1 Å². The summed E-state index contributed by atoms with van der Waals surface area (Å²) in [5, 5.41) is 3.25. The van der Waals surface area contributed by atoms with E-state index in [4.69, 9.17) is 4.74 Å². The van der Waals surface area contributed by atoms with Crippen LogP contribution in [0.2, 0.25) is 0 Å². The van der Waals surface area contributed by atoms with Crippen molar-refractivity contribution in [2.75, 3.05) is 14.2 Å². The highest BCUT2D eigenvalue weighted by Gasteiger charge is 2.52. The van der Waals surface area contributed by atoms with Crippen LogP contribution in [0.1, 0.15) is 52.7 Å². The first-order valence-electron chi connectivity index (χ1n) is 10.5. The summed E-state index contributed by atoms with van der Waals surface area (Å²) in [5.41, 5.74) is -0.0361. The zero-order valence-corrected chi connectivity index (χ0v) is 17.9. The van der Waals surface area contributed by atoms with Gasteiger partial charge in [0.25, 0.3) is 5.91 Å². The number of amides is 1. The molecule has 2 aliphatic heterocycles. The van der Waals surface area contributed by atoms with Crippen LogP contribution >= 0.6 is 0 Å². The molecular weight excluding hydrogens is 405 g/mol. The van der Waals surface area contributed by atoms with Gasteiger partial charge < -0.3 is 10.1 Å². The number of benzene rings is 2. The van der Waals surface area contributed by atoms with Crippen LogP contribution in [0.25, 0.3) is 0 Å². The summed E-state index contributed by atoms with van der Waals surface area (Å²) in [6.07, 6.45) is -0.743. The van der Waals surface area contributed by atoms with E-state index in [9.17, 15) is 18.0 Å². The Labute approximate surface area is 180 Å². The average Bonchev–Trinajstić information content (AvgIpc) is 2.99. The minimum Gasteiger partial charge on any atom is -0.496 e. The van der Waals surface area contributed by atoms with Gasteiger partial charge >= 0.3 is 6.18 Å². The molecule has 166 valence electrons. The Morgan fingerprint density at radius 1 is 1.16 bits per heavy atom. The summed E-state index contributed by atoms with van der Waals surface area (Å²) >= 11 is 0. The van der Waals surface area contributed by atoms with E-state index in [2.05, 4.69) is 17.3 Å². The molecule has 0 unspecified atom stereocenters. The Kier molecular flexibility index (Phi) is 5.50. The van der Waals surface area contributed by atoms with Crippen molar-refractivity contribution in [3.63, 3.8) is 0 Å². The van der Waals surface area contributed by atoms with Crippen LogP contribution in [-0.2, 0) is 11.7 Å². The molecule has 0 aliphatic carbocycles. The lowest BCUT2D eigenvalue weighted by Crippen LogP contribution is -2.61. The Balaban J connectivity index is 1.76. The van der Waals surface area contributed by atoms with Gasteiger partial charge in [-0.25, -0.2) is 0 Å². The van der Waals surface area contributed by atoms with Gasteiger partial charge in [-0.3, -0.25) is 9.69 Å². The van der Waals surface area contributed by atoms with Crippen LogP contribution in [0.4, 0.5) is 13.2 Å². The Hall–Kier alpha value is -2.54. The van der Waals surface area contributed by atoms with E-state index >= 15 is 0 Å². The van der Waals surface area contributed by atoms with Crippen molar-refractivity contribution >= 4 is 5.91 Å². The largest absolute Gasteiger partial charge is 0.496 e. The van der Waals surface area contributed by atoms with Crippen molar-refractivity contribution in [2.24, 2.45) is 0 Å². The number of piperidine rings is 1. The maximum Gasteiger partial charge on any atom is 0.416 e. The van der Waals surface area contributed by atoms with Crippen LogP contribution in [0, 0.1) is 6.92 Å². The van der Waals surface area contributed by atoms with Gasteiger partial charge in [0, 0.05) is 12.1 Å². The van der Waals surface area contributed by atoms with E-state index in [1.165, 1.54) is 14.0 Å². The van der Waals surface area contributed by atoms with Gasteiger partial charge in [0.1, 0.15) is 5.75 Å². The number of alkyl halides is 3. The zero-order chi connectivity index (χ0) is 22.4. The maximum absolute atomic E-state index is 13.5. The molecule has 2 bridgehead atoms. The predicted molar refractivity (Wildman–Crippen MR) is 112 cm³/mol. The number of ether oxygens (including phenoxy) is 1. The molecule has 1 N–H and O–H groups in total. The van der Waals surface area contributed by atoms with E-state index in [1.807, 2.05) is 30.3 Å². The second-order valence-electron chi connectivity index (χ2n) is 8.61. The highest BCUT2D eigenvalue weighted by molar-refractivity contribution is 5.99. The van der Waals surface area contributed by atoms with Crippen molar-refractivity contribution in [1.82, 2.24) is 10.2 Å². The molecule has 2 aliphatic rings. The number of nitrogens with one attached hydrogen (secondary N) is 1. The molecule has 0 aromatic heterocycles.